The molecule has 0 saturated heterocycles. The zero-order valence-corrected chi connectivity index (χ0v) is 10.2. The summed E-state index contributed by atoms with van der Waals surface area (Å²) in [6.45, 7) is 2.16. The van der Waals surface area contributed by atoms with Gasteiger partial charge in [0, 0.05) is 12.0 Å². The minimum Gasteiger partial charge on any atom is -0.490 e. The number of hydrogen-bond donors (Lipinski definition) is 1. The number of benzene rings is 1. The molecule has 0 fully saturated rings. The average molecular weight is 238 g/mol. The lowest BCUT2D eigenvalue weighted by atomic mass is 9.96. The van der Waals surface area contributed by atoms with Crippen molar-refractivity contribution in [1.29, 1.82) is 0 Å². The van der Waals surface area contributed by atoms with Crippen LogP contribution in [-0.2, 0) is 0 Å². The SMILES string of the molecule is CCCCCC1C[C@H](O)c2cc(F)ccc2O1. The van der Waals surface area contributed by atoms with Gasteiger partial charge in [0.25, 0.3) is 0 Å². The van der Waals surface area contributed by atoms with Crippen molar-refractivity contribution >= 4 is 0 Å². The summed E-state index contributed by atoms with van der Waals surface area (Å²) in [6, 6.07) is 4.35. The van der Waals surface area contributed by atoms with Crippen LogP contribution in [0.2, 0.25) is 0 Å². The molecule has 17 heavy (non-hydrogen) atoms. The van der Waals surface area contributed by atoms with Crippen LogP contribution in [0.3, 0.4) is 0 Å². The maximum absolute atomic E-state index is 13.0. The van der Waals surface area contributed by atoms with E-state index in [1.54, 1.807) is 6.07 Å². The van der Waals surface area contributed by atoms with Crippen LogP contribution in [0, 0.1) is 5.82 Å². The largest absolute Gasteiger partial charge is 0.490 e. The summed E-state index contributed by atoms with van der Waals surface area (Å²) in [5.74, 6) is 0.308. The van der Waals surface area contributed by atoms with E-state index in [9.17, 15) is 9.50 Å². The minimum absolute atomic E-state index is 0.0644. The van der Waals surface area contributed by atoms with Crippen LogP contribution in [-0.4, -0.2) is 11.2 Å². The van der Waals surface area contributed by atoms with Crippen molar-refractivity contribution in [2.75, 3.05) is 0 Å². The molecule has 1 aliphatic heterocycles. The molecule has 1 aliphatic rings. The summed E-state index contributed by atoms with van der Waals surface area (Å²) in [5, 5.41) is 9.97. The van der Waals surface area contributed by atoms with Gasteiger partial charge in [0.2, 0.25) is 0 Å². The molecule has 2 rings (SSSR count). The molecular formula is C14H19FO2. The highest BCUT2D eigenvalue weighted by Gasteiger charge is 2.26. The normalized spacial score (nSPS) is 23.0. The van der Waals surface area contributed by atoms with E-state index in [2.05, 4.69) is 6.92 Å². The van der Waals surface area contributed by atoms with Gasteiger partial charge in [-0.3, -0.25) is 0 Å². The second kappa shape index (κ2) is 5.50. The highest BCUT2D eigenvalue weighted by Crippen LogP contribution is 2.36. The van der Waals surface area contributed by atoms with E-state index in [0.717, 1.165) is 12.8 Å². The number of aliphatic hydroxyl groups excluding tert-OH is 1. The maximum Gasteiger partial charge on any atom is 0.125 e. The van der Waals surface area contributed by atoms with Gasteiger partial charge in [-0.25, -0.2) is 4.39 Å². The Labute approximate surface area is 101 Å². The summed E-state index contributed by atoms with van der Waals surface area (Å²) in [6.07, 6.45) is 4.48. The van der Waals surface area contributed by atoms with Gasteiger partial charge in [0.15, 0.2) is 0 Å². The molecule has 0 saturated carbocycles. The van der Waals surface area contributed by atoms with E-state index in [1.807, 2.05) is 0 Å². The number of aliphatic hydroxyl groups is 1. The molecule has 0 aromatic heterocycles. The Bertz CT molecular complexity index is 378. The van der Waals surface area contributed by atoms with Crippen LogP contribution >= 0.6 is 0 Å². The Hall–Kier alpha value is -1.09. The monoisotopic (exact) mass is 238 g/mol. The Balaban J connectivity index is 2.03. The molecular weight excluding hydrogens is 219 g/mol. The van der Waals surface area contributed by atoms with E-state index >= 15 is 0 Å². The fourth-order valence-corrected chi connectivity index (χ4v) is 2.29. The lowest BCUT2D eigenvalue weighted by molar-refractivity contribution is 0.0601. The zero-order chi connectivity index (χ0) is 12.3. The molecule has 1 aromatic carbocycles. The van der Waals surface area contributed by atoms with E-state index in [-0.39, 0.29) is 11.9 Å². The molecule has 0 amide bonds. The predicted molar refractivity (Wildman–Crippen MR) is 64.5 cm³/mol. The topological polar surface area (TPSA) is 29.5 Å². The molecule has 1 unspecified atom stereocenters. The number of ether oxygens (including phenoxy) is 1. The van der Waals surface area contributed by atoms with Gasteiger partial charge in [-0.05, 0) is 31.0 Å². The number of unbranched alkanes of at least 4 members (excludes halogenated alkanes) is 2. The van der Waals surface area contributed by atoms with E-state index in [1.165, 1.54) is 25.0 Å². The van der Waals surface area contributed by atoms with Gasteiger partial charge < -0.3 is 9.84 Å². The first-order chi connectivity index (χ1) is 8.20. The summed E-state index contributed by atoms with van der Waals surface area (Å²) in [4.78, 5) is 0. The van der Waals surface area contributed by atoms with Gasteiger partial charge in [0.1, 0.15) is 17.7 Å². The van der Waals surface area contributed by atoms with Crippen molar-refractivity contribution < 1.29 is 14.2 Å². The Kier molecular flexibility index (Phi) is 4.00. The number of rotatable bonds is 4. The first-order valence-corrected chi connectivity index (χ1v) is 6.35. The molecule has 1 aromatic rings. The van der Waals surface area contributed by atoms with Gasteiger partial charge in [-0.1, -0.05) is 19.8 Å². The lowest BCUT2D eigenvalue weighted by Gasteiger charge is -2.29. The van der Waals surface area contributed by atoms with Crippen LogP contribution in [0.25, 0.3) is 0 Å². The molecule has 0 aliphatic carbocycles. The second-order valence-electron chi connectivity index (χ2n) is 4.67. The van der Waals surface area contributed by atoms with Gasteiger partial charge >= 0.3 is 0 Å². The first kappa shape index (κ1) is 12.4. The van der Waals surface area contributed by atoms with E-state index in [4.69, 9.17) is 4.74 Å². The summed E-state index contributed by atoms with van der Waals surface area (Å²) in [7, 11) is 0. The number of halogens is 1. The van der Waals surface area contributed by atoms with Crippen LogP contribution in [0.5, 0.6) is 5.75 Å². The van der Waals surface area contributed by atoms with Crippen LogP contribution in [0.1, 0.15) is 50.7 Å². The molecule has 1 N–H and O–H groups in total. The first-order valence-electron chi connectivity index (χ1n) is 6.35. The third kappa shape index (κ3) is 2.97. The number of fused-ring (bicyclic) bond motifs is 1. The highest BCUT2D eigenvalue weighted by atomic mass is 19.1. The lowest BCUT2D eigenvalue weighted by Crippen LogP contribution is -2.25. The van der Waals surface area contributed by atoms with Gasteiger partial charge in [-0.2, -0.15) is 0 Å². The average Bonchev–Trinajstić information content (AvgIpc) is 2.31. The minimum atomic E-state index is -0.596. The van der Waals surface area contributed by atoms with Crippen molar-refractivity contribution in [3.63, 3.8) is 0 Å². The molecule has 0 bridgehead atoms. The summed E-state index contributed by atoms with van der Waals surface area (Å²) < 4.78 is 18.8. The molecule has 0 radical (unpaired) electrons. The van der Waals surface area contributed by atoms with Gasteiger partial charge in [-0.15, -0.1) is 0 Å². The van der Waals surface area contributed by atoms with Crippen LogP contribution in [0.15, 0.2) is 18.2 Å². The third-order valence-corrected chi connectivity index (χ3v) is 3.24. The van der Waals surface area contributed by atoms with E-state index in [0.29, 0.717) is 17.7 Å². The highest BCUT2D eigenvalue weighted by molar-refractivity contribution is 5.37. The molecule has 1 heterocycles. The molecule has 2 atom stereocenters. The molecule has 3 heteroatoms. The fourth-order valence-electron chi connectivity index (χ4n) is 2.29. The van der Waals surface area contributed by atoms with E-state index < -0.39 is 6.10 Å². The Morgan fingerprint density at radius 3 is 3.00 bits per heavy atom. The molecule has 94 valence electrons. The van der Waals surface area contributed by atoms with Crippen molar-refractivity contribution in [2.45, 2.75) is 51.2 Å². The standard InChI is InChI=1S/C14H19FO2/c1-2-3-4-5-11-9-13(16)12-8-10(15)6-7-14(12)17-11/h6-8,11,13,16H,2-5,9H2,1H3/t11?,13-/m0/s1. The Morgan fingerprint density at radius 2 is 2.24 bits per heavy atom. The van der Waals surface area contributed by atoms with Crippen molar-refractivity contribution in [2.24, 2.45) is 0 Å². The molecule has 2 nitrogen and oxygen atoms in total. The third-order valence-electron chi connectivity index (χ3n) is 3.24. The predicted octanol–water partition coefficient (Wildman–Crippen LogP) is 3.59. The summed E-state index contributed by atoms with van der Waals surface area (Å²) >= 11 is 0. The second-order valence-corrected chi connectivity index (χ2v) is 4.67. The summed E-state index contributed by atoms with van der Waals surface area (Å²) in [5.41, 5.74) is 0.580. The van der Waals surface area contributed by atoms with Crippen molar-refractivity contribution in [3.8, 4) is 5.75 Å². The Morgan fingerprint density at radius 1 is 1.41 bits per heavy atom. The quantitative estimate of drug-likeness (QED) is 0.812. The van der Waals surface area contributed by atoms with Gasteiger partial charge in [0.05, 0.1) is 6.10 Å². The molecule has 0 spiro atoms. The zero-order valence-electron chi connectivity index (χ0n) is 10.2. The fraction of sp³-hybridized carbons (Fsp3) is 0.571. The van der Waals surface area contributed by atoms with Crippen molar-refractivity contribution in [1.82, 2.24) is 0 Å². The smallest absolute Gasteiger partial charge is 0.125 e. The number of hydrogen-bond acceptors (Lipinski definition) is 2. The maximum atomic E-state index is 13.0. The van der Waals surface area contributed by atoms with Crippen LogP contribution < -0.4 is 4.74 Å². The van der Waals surface area contributed by atoms with Crippen LogP contribution in [0.4, 0.5) is 4.39 Å². The van der Waals surface area contributed by atoms with Crippen molar-refractivity contribution in [3.05, 3.63) is 29.6 Å².